The van der Waals surface area contributed by atoms with E-state index in [0.717, 1.165) is 29.8 Å². The first kappa shape index (κ1) is 21.8. The Balaban J connectivity index is 2.61. The molecule has 1 aliphatic heterocycles. The second-order valence-corrected chi connectivity index (χ2v) is 8.80. The lowest BCUT2D eigenvalue weighted by molar-refractivity contribution is -0.150. The van der Waals surface area contributed by atoms with Crippen LogP contribution in [0, 0.1) is 17.2 Å². The summed E-state index contributed by atoms with van der Waals surface area (Å²) >= 11 is 0. The number of ether oxygens (including phenoxy) is 1. The summed E-state index contributed by atoms with van der Waals surface area (Å²) in [5.74, 6) is -0.399. The van der Waals surface area contributed by atoms with Crippen LogP contribution in [0.25, 0.3) is 0 Å². The molecule has 0 aliphatic carbocycles. The zero-order valence-corrected chi connectivity index (χ0v) is 18.1. The molecule has 0 spiro atoms. The quantitative estimate of drug-likeness (QED) is 0.697. The first-order chi connectivity index (χ1) is 13.1. The molecule has 2 rings (SSSR count). The number of hydrogen-bond acceptors (Lipinski definition) is 4. The van der Waals surface area contributed by atoms with E-state index in [-0.39, 0.29) is 5.97 Å². The van der Waals surface area contributed by atoms with Gasteiger partial charge in [0.2, 0.25) is 0 Å². The lowest BCUT2D eigenvalue weighted by atomic mass is 9.79. The second kappa shape index (κ2) is 8.65. The molecule has 28 heavy (non-hydrogen) atoms. The lowest BCUT2D eigenvalue weighted by Crippen LogP contribution is -2.33. The highest BCUT2D eigenvalue weighted by Crippen LogP contribution is 2.40. The van der Waals surface area contributed by atoms with Gasteiger partial charge in [-0.1, -0.05) is 45.0 Å². The minimum Gasteiger partial charge on any atom is -0.457 e. The van der Waals surface area contributed by atoms with Crippen molar-refractivity contribution in [3.05, 3.63) is 57.9 Å². The molecule has 4 heteroatoms. The van der Waals surface area contributed by atoms with Gasteiger partial charge in [0.25, 0.3) is 0 Å². The molecule has 0 amide bonds. The van der Waals surface area contributed by atoms with Gasteiger partial charge in [0.05, 0.1) is 23.1 Å². The van der Waals surface area contributed by atoms with Crippen molar-refractivity contribution < 1.29 is 9.53 Å². The number of benzene rings is 1. The fraction of sp³-hybridized carbons (Fsp3) is 0.500. The zero-order valence-electron chi connectivity index (χ0n) is 18.1. The van der Waals surface area contributed by atoms with Gasteiger partial charge in [0.15, 0.2) is 0 Å². The summed E-state index contributed by atoms with van der Waals surface area (Å²) in [6, 6.07) is 10.6. The Bertz CT molecular complexity index is 831. The van der Waals surface area contributed by atoms with Crippen molar-refractivity contribution in [1.82, 2.24) is 5.32 Å². The summed E-state index contributed by atoms with van der Waals surface area (Å²) in [6.45, 7) is 13.8. The van der Waals surface area contributed by atoms with E-state index in [1.807, 2.05) is 39.8 Å². The van der Waals surface area contributed by atoms with Gasteiger partial charge in [-0.05, 0) is 57.6 Å². The van der Waals surface area contributed by atoms with Crippen molar-refractivity contribution in [3.63, 3.8) is 0 Å². The first-order valence-electron chi connectivity index (χ1n) is 10.0. The van der Waals surface area contributed by atoms with Crippen LogP contribution < -0.4 is 5.32 Å². The molecule has 1 heterocycles. The monoisotopic (exact) mass is 380 g/mol. The Morgan fingerprint density at radius 1 is 1.25 bits per heavy atom. The summed E-state index contributed by atoms with van der Waals surface area (Å²) in [6.07, 6.45) is 1.70. The van der Waals surface area contributed by atoms with Crippen molar-refractivity contribution in [2.45, 2.75) is 72.8 Å². The summed E-state index contributed by atoms with van der Waals surface area (Å²) < 4.78 is 5.68. The minimum atomic E-state index is -0.601. The molecule has 1 aromatic carbocycles. The number of allylic oxidation sites excluding steroid dienone is 3. The van der Waals surface area contributed by atoms with Crippen LogP contribution in [0.4, 0.5) is 0 Å². The third kappa shape index (κ3) is 5.04. The third-order valence-electron chi connectivity index (χ3n) is 4.72. The van der Waals surface area contributed by atoms with Gasteiger partial charge in [-0.2, -0.15) is 5.26 Å². The number of rotatable bonds is 5. The fourth-order valence-corrected chi connectivity index (χ4v) is 3.48. The summed E-state index contributed by atoms with van der Waals surface area (Å²) in [5, 5.41) is 13.3. The van der Waals surface area contributed by atoms with Crippen LogP contribution in [0.3, 0.4) is 0 Å². The molecule has 1 aliphatic rings. The Morgan fingerprint density at radius 2 is 1.86 bits per heavy atom. The van der Waals surface area contributed by atoms with Crippen LogP contribution in [0.1, 0.15) is 71.9 Å². The standard InChI is InChI=1S/C24H32N2O2/c1-8-17-9-11-18(12-10-17)22-19(14-25)20(13-15(2)3)26-16(4)21(22)23(27)28-24(5,6)7/h9-12,15,22,26H,8,13H2,1-7H3. The molecule has 1 atom stereocenters. The van der Waals surface area contributed by atoms with Crippen molar-refractivity contribution >= 4 is 5.97 Å². The van der Waals surface area contributed by atoms with Crippen LogP contribution in [0.15, 0.2) is 46.8 Å². The smallest absolute Gasteiger partial charge is 0.337 e. The molecule has 0 radical (unpaired) electrons. The molecular formula is C24H32N2O2. The van der Waals surface area contributed by atoms with Crippen LogP contribution in [0.2, 0.25) is 0 Å². The van der Waals surface area contributed by atoms with Crippen LogP contribution in [0.5, 0.6) is 0 Å². The van der Waals surface area contributed by atoms with Gasteiger partial charge in [-0.25, -0.2) is 4.79 Å². The Kier molecular flexibility index (Phi) is 6.72. The number of dihydropyridines is 1. The molecule has 1 unspecified atom stereocenters. The van der Waals surface area contributed by atoms with Gasteiger partial charge >= 0.3 is 5.97 Å². The van der Waals surface area contributed by atoms with Crippen molar-refractivity contribution in [3.8, 4) is 6.07 Å². The molecular weight excluding hydrogens is 348 g/mol. The predicted octanol–water partition coefficient (Wildman–Crippen LogP) is 5.38. The van der Waals surface area contributed by atoms with E-state index in [9.17, 15) is 10.1 Å². The van der Waals surface area contributed by atoms with Gasteiger partial charge < -0.3 is 10.1 Å². The van der Waals surface area contributed by atoms with Crippen LogP contribution in [-0.4, -0.2) is 11.6 Å². The van der Waals surface area contributed by atoms with Crippen molar-refractivity contribution in [1.29, 1.82) is 5.26 Å². The van der Waals surface area contributed by atoms with E-state index < -0.39 is 11.5 Å². The Morgan fingerprint density at radius 3 is 2.32 bits per heavy atom. The maximum atomic E-state index is 13.1. The highest BCUT2D eigenvalue weighted by Gasteiger charge is 2.36. The number of aryl methyl sites for hydroxylation is 1. The summed E-state index contributed by atoms with van der Waals surface area (Å²) in [5.41, 5.74) is 4.34. The highest BCUT2D eigenvalue weighted by atomic mass is 16.6. The van der Waals surface area contributed by atoms with E-state index >= 15 is 0 Å². The average Bonchev–Trinajstić information content (AvgIpc) is 2.59. The van der Waals surface area contributed by atoms with Crippen LogP contribution in [-0.2, 0) is 16.0 Å². The van der Waals surface area contributed by atoms with E-state index in [2.05, 4.69) is 44.3 Å². The normalized spacial score (nSPS) is 17.5. The highest BCUT2D eigenvalue weighted by molar-refractivity contribution is 5.93. The molecule has 1 N–H and O–H groups in total. The lowest BCUT2D eigenvalue weighted by Gasteiger charge is -2.32. The fourth-order valence-electron chi connectivity index (χ4n) is 3.48. The number of hydrogen-bond donors (Lipinski definition) is 1. The molecule has 0 aromatic heterocycles. The molecule has 0 saturated carbocycles. The number of carbonyl (C=O) groups excluding carboxylic acids is 1. The SMILES string of the molecule is CCc1ccc(C2C(C#N)=C(CC(C)C)NC(C)=C2C(=O)OC(C)(C)C)cc1. The maximum Gasteiger partial charge on any atom is 0.337 e. The first-order valence-corrected chi connectivity index (χ1v) is 10.0. The number of nitriles is 1. The van der Waals surface area contributed by atoms with Crippen molar-refractivity contribution in [2.75, 3.05) is 0 Å². The number of nitrogens with zero attached hydrogens (tertiary/aromatic N) is 1. The number of carbonyl (C=O) groups is 1. The Labute approximate surface area is 169 Å². The minimum absolute atomic E-state index is 0.376. The molecule has 1 aromatic rings. The topological polar surface area (TPSA) is 62.1 Å². The van der Waals surface area contributed by atoms with Gasteiger partial charge in [-0.15, -0.1) is 0 Å². The third-order valence-corrected chi connectivity index (χ3v) is 4.72. The molecule has 0 fully saturated rings. The number of nitrogens with one attached hydrogen (secondary N) is 1. The second-order valence-electron chi connectivity index (χ2n) is 8.80. The molecule has 4 nitrogen and oxygen atoms in total. The predicted molar refractivity (Wildman–Crippen MR) is 112 cm³/mol. The molecule has 0 bridgehead atoms. The van der Waals surface area contributed by atoms with Gasteiger partial charge in [0.1, 0.15) is 5.60 Å². The number of esters is 1. The molecule has 150 valence electrons. The van der Waals surface area contributed by atoms with E-state index in [0.29, 0.717) is 17.1 Å². The van der Waals surface area contributed by atoms with Crippen LogP contribution >= 0.6 is 0 Å². The summed E-state index contributed by atoms with van der Waals surface area (Å²) in [4.78, 5) is 13.1. The van der Waals surface area contributed by atoms with Gasteiger partial charge in [0, 0.05) is 11.4 Å². The summed E-state index contributed by atoms with van der Waals surface area (Å²) in [7, 11) is 0. The molecule has 0 saturated heterocycles. The van der Waals surface area contributed by atoms with Crippen molar-refractivity contribution in [2.24, 2.45) is 5.92 Å². The van der Waals surface area contributed by atoms with E-state index in [1.165, 1.54) is 5.56 Å². The Hall–Kier alpha value is -2.54. The zero-order chi connectivity index (χ0) is 21.1. The maximum absolute atomic E-state index is 13.1. The average molecular weight is 381 g/mol. The van der Waals surface area contributed by atoms with E-state index in [4.69, 9.17) is 4.74 Å². The largest absolute Gasteiger partial charge is 0.457 e. The van der Waals surface area contributed by atoms with E-state index in [1.54, 1.807) is 0 Å². The van der Waals surface area contributed by atoms with Gasteiger partial charge in [-0.3, -0.25) is 0 Å².